The third kappa shape index (κ3) is 5.33. The van der Waals surface area contributed by atoms with E-state index < -0.39 is 36.7 Å². The maximum atomic E-state index is 11.2. The van der Waals surface area contributed by atoms with Crippen LogP contribution in [0.25, 0.3) is 12.2 Å². The summed E-state index contributed by atoms with van der Waals surface area (Å²) >= 11 is 0. The smallest absolute Gasteiger partial charge is 0.335 e. The van der Waals surface area contributed by atoms with Gasteiger partial charge in [0.1, 0.15) is 35.6 Å². The summed E-state index contributed by atoms with van der Waals surface area (Å²) < 4.78 is 21.1. The van der Waals surface area contributed by atoms with Gasteiger partial charge in [0.05, 0.1) is 14.2 Å². The van der Waals surface area contributed by atoms with Crippen molar-refractivity contribution in [3.63, 3.8) is 0 Å². The first kappa shape index (κ1) is 22.6. The molecule has 0 saturated carbocycles. The summed E-state index contributed by atoms with van der Waals surface area (Å²) in [5, 5.41) is 38.7. The minimum Gasteiger partial charge on any atom is -0.497 e. The van der Waals surface area contributed by atoms with Crippen molar-refractivity contribution in [2.24, 2.45) is 0 Å². The quantitative estimate of drug-likeness (QED) is 0.475. The van der Waals surface area contributed by atoms with Crippen LogP contribution < -0.4 is 14.2 Å². The molecular formula is C22H24O9. The van der Waals surface area contributed by atoms with E-state index in [1.54, 1.807) is 44.6 Å². The molecule has 0 spiro atoms. The zero-order valence-corrected chi connectivity index (χ0v) is 16.9. The molecule has 31 heavy (non-hydrogen) atoms. The van der Waals surface area contributed by atoms with E-state index in [4.69, 9.17) is 24.1 Å². The molecule has 0 unspecified atom stereocenters. The molecule has 1 heterocycles. The first-order valence-electron chi connectivity index (χ1n) is 9.42. The number of benzene rings is 2. The molecule has 0 amide bonds. The highest BCUT2D eigenvalue weighted by Crippen LogP contribution is 2.26. The molecule has 2 aromatic rings. The van der Waals surface area contributed by atoms with Gasteiger partial charge in [-0.1, -0.05) is 24.3 Å². The zero-order chi connectivity index (χ0) is 22.5. The van der Waals surface area contributed by atoms with E-state index >= 15 is 0 Å². The minimum absolute atomic E-state index is 0.289. The number of hydrogen-bond acceptors (Lipinski definition) is 8. The first-order chi connectivity index (χ1) is 14.8. The zero-order valence-electron chi connectivity index (χ0n) is 16.9. The van der Waals surface area contributed by atoms with Crippen molar-refractivity contribution in [3.05, 3.63) is 53.6 Å². The SMILES string of the molecule is COc1cc(/C=C/c2ccc(O[C@@H]3O[C@H](C(=O)O)[C@@H](O)[C@H](O)[C@H]3O)cc2)cc(OC)c1. The summed E-state index contributed by atoms with van der Waals surface area (Å²) in [5.41, 5.74) is 1.72. The Bertz CT molecular complexity index is 903. The summed E-state index contributed by atoms with van der Waals surface area (Å²) in [6.07, 6.45) is -4.53. The first-order valence-corrected chi connectivity index (χ1v) is 9.42. The van der Waals surface area contributed by atoms with E-state index in [-0.39, 0.29) is 5.75 Å². The molecule has 166 valence electrons. The Balaban J connectivity index is 1.69. The molecule has 2 aromatic carbocycles. The van der Waals surface area contributed by atoms with Crippen LogP contribution in [0.4, 0.5) is 0 Å². The Labute approximate surface area is 178 Å². The molecule has 9 nitrogen and oxygen atoms in total. The Kier molecular flexibility index (Phi) is 7.13. The minimum atomic E-state index is -1.77. The van der Waals surface area contributed by atoms with Gasteiger partial charge in [-0.2, -0.15) is 0 Å². The molecule has 9 heteroatoms. The van der Waals surface area contributed by atoms with Crippen LogP contribution in [-0.4, -0.2) is 71.3 Å². The average Bonchev–Trinajstić information content (AvgIpc) is 2.78. The maximum Gasteiger partial charge on any atom is 0.335 e. The van der Waals surface area contributed by atoms with Crippen molar-refractivity contribution in [2.75, 3.05) is 14.2 Å². The lowest BCUT2D eigenvalue weighted by Crippen LogP contribution is -2.61. The second-order valence-corrected chi connectivity index (χ2v) is 6.90. The Morgan fingerprint density at radius 1 is 0.839 bits per heavy atom. The lowest BCUT2D eigenvalue weighted by Gasteiger charge is -2.38. The number of aliphatic hydroxyl groups excluding tert-OH is 3. The Morgan fingerprint density at radius 2 is 1.42 bits per heavy atom. The second-order valence-electron chi connectivity index (χ2n) is 6.90. The van der Waals surface area contributed by atoms with Crippen LogP contribution in [-0.2, 0) is 9.53 Å². The van der Waals surface area contributed by atoms with Crippen molar-refractivity contribution < 1.29 is 44.2 Å². The fourth-order valence-corrected chi connectivity index (χ4v) is 3.06. The van der Waals surface area contributed by atoms with Gasteiger partial charge >= 0.3 is 5.97 Å². The van der Waals surface area contributed by atoms with Gasteiger partial charge in [0, 0.05) is 6.07 Å². The maximum absolute atomic E-state index is 11.2. The highest BCUT2D eigenvalue weighted by Gasteiger charge is 2.48. The number of rotatable bonds is 7. The van der Waals surface area contributed by atoms with E-state index in [2.05, 4.69) is 0 Å². The lowest BCUT2D eigenvalue weighted by atomic mass is 9.99. The third-order valence-electron chi connectivity index (χ3n) is 4.79. The van der Waals surface area contributed by atoms with Crippen molar-refractivity contribution in [1.29, 1.82) is 0 Å². The largest absolute Gasteiger partial charge is 0.497 e. The van der Waals surface area contributed by atoms with Crippen molar-refractivity contribution in [2.45, 2.75) is 30.7 Å². The van der Waals surface area contributed by atoms with Crippen molar-refractivity contribution >= 4 is 18.1 Å². The Hall–Kier alpha value is -3.11. The molecular weight excluding hydrogens is 408 g/mol. The number of ether oxygens (including phenoxy) is 4. The van der Waals surface area contributed by atoms with Crippen LogP contribution in [0.3, 0.4) is 0 Å². The highest BCUT2D eigenvalue weighted by atomic mass is 16.7. The van der Waals surface area contributed by atoms with Gasteiger partial charge < -0.3 is 39.4 Å². The Morgan fingerprint density at radius 3 is 1.97 bits per heavy atom. The molecule has 1 aliphatic heterocycles. The van der Waals surface area contributed by atoms with Crippen LogP contribution in [0.5, 0.6) is 17.2 Å². The molecule has 4 N–H and O–H groups in total. The van der Waals surface area contributed by atoms with E-state index in [1.165, 1.54) is 0 Å². The molecule has 1 fully saturated rings. The molecule has 1 saturated heterocycles. The summed E-state index contributed by atoms with van der Waals surface area (Å²) in [7, 11) is 3.15. The summed E-state index contributed by atoms with van der Waals surface area (Å²) in [6.45, 7) is 0. The number of aliphatic hydroxyl groups is 3. The summed E-state index contributed by atoms with van der Waals surface area (Å²) in [6, 6.07) is 12.2. The fraction of sp³-hybridized carbons (Fsp3) is 0.318. The number of hydrogen-bond donors (Lipinski definition) is 4. The predicted molar refractivity (Wildman–Crippen MR) is 110 cm³/mol. The molecule has 0 bridgehead atoms. The molecule has 5 atom stereocenters. The van der Waals surface area contributed by atoms with Crippen LogP contribution >= 0.6 is 0 Å². The standard InChI is InChI=1S/C22H24O9/c1-28-15-9-13(10-16(11-15)29-2)4-3-12-5-7-14(8-6-12)30-22-19(25)17(23)18(24)20(31-22)21(26)27/h3-11,17-20,22-25H,1-2H3,(H,26,27)/b4-3+/t17-,18-,19+,20-,22+/m0/s1. The second kappa shape index (κ2) is 9.80. The number of aliphatic carboxylic acids is 1. The van der Waals surface area contributed by atoms with Gasteiger partial charge in [0.15, 0.2) is 6.10 Å². The molecule has 0 aromatic heterocycles. The van der Waals surface area contributed by atoms with Crippen LogP contribution in [0.1, 0.15) is 11.1 Å². The molecule has 1 aliphatic rings. The highest BCUT2D eigenvalue weighted by molar-refractivity contribution is 5.73. The number of carboxylic acids is 1. The number of carboxylic acid groups (broad SMARTS) is 1. The number of methoxy groups -OCH3 is 2. The van der Waals surface area contributed by atoms with Crippen LogP contribution in [0.2, 0.25) is 0 Å². The average molecular weight is 432 g/mol. The normalized spacial score (nSPS) is 25.9. The molecule has 3 rings (SSSR count). The third-order valence-corrected chi connectivity index (χ3v) is 4.79. The van der Waals surface area contributed by atoms with Gasteiger partial charge in [-0.15, -0.1) is 0 Å². The predicted octanol–water partition coefficient (Wildman–Crippen LogP) is 1.15. The van der Waals surface area contributed by atoms with E-state index in [9.17, 15) is 20.1 Å². The molecule has 0 radical (unpaired) electrons. The van der Waals surface area contributed by atoms with Gasteiger partial charge in [0.25, 0.3) is 0 Å². The van der Waals surface area contributed by atoms with Gasteiger partial charge in [-0.3, -0.25) is 0 Å². The van der Waals surface area contributed by atoms with Crippen molar-refractivity contribution in [1.82, 2.24) is 0 Å². The van der Waals surface area contributed by atoms with Crippen molar-refractivity contribution in [3.8, 4) is 17.2 Å². The van der Waals surface area contributed by atoms with E-state index in [0.29, 0.717) is 11.5 Å². The van der Waals surface area contributed by atoms with E-state index in [1.807, 2.05) is 24.3 Å². The monoisotopic (exact) mass is 432 g/mol. The van der Waals surface area contributed by atoms with Crippen LogP contribution in [0.15, 0.2) is 42.5 Å². The topological polar surface area (TPSA) is 135 Å². The fourth-order valence-electron chi connectivity index (χ4n) is 3.06. The van der Waals surface area contributed by atoms with E-state index in [0.717, 1.165) is 11.1 Å². The van der Waals surface area contributed by atoms with Gasteiger partial charge in [-0.25, -0.2) is 4.79 Å². The summed E-state index contributed by atoms with van der Waals surface area (Å²) in [4.78, 5) is 11.2. The summed E-state index contributed by atoms with van der Waals surface area (Å²) in [5.74, 6) is 0.153. The number of carbonyl (C=O) groups is 1. The van der Waals surface area contributed by atoms with Gasteiger partial charge in [-0.05, 0) is 35.4 Å². The van der Waals surface area contributed by atoms with Crippen LogP contribution in [0, 0.1) is 0 Å². The lowest BCUT2D eigenvalue weighted by molar-refractivity contribution is -0.271. The molecule has 0 aliphatic carbocycles. The van der Waals surface area contributed by atoms with Gasteiger partial charge in [0.2, 0.25) is 6.29 Å².